The Hall–Kier alpha value is -2.58. The van der Waals surface area contributed by atoms with Gasteiger partial charge in [-0.1, -0.05) is 27.2 Å². The number of halogens is 2. The van der Waals surface area contributed by atoms with Crippen LogP contribution in [0.4, 0.5) is 8.78 Å². The predicted molar refractivity (Wildman–Crippen MR) is 137 cm³/mol. The highest BCUT2D eigenvalue weighted by Gasteiger charge is 2.48. The number of esters is 2. The molecule has 2 aliphatic rings. The van der Waals surface area contributed by atoms with Gasteiger partial charge in [-0.2, -0.15) is 0 Å². The van der Waals surface area contributed by atoms with E-state index in [1.54, 1.807) is 12.1 Å². The maximum atomic E-state index is 14.7. The number of hydrogen-bond donors (Lipinski definition) is 1. The Kier molecular flexibility index (Phi) is 11.0. The molecule has 2 saturated carbocycles. The van der Waals surface area contributed by atoms with Crippen molar-refractivity contribution in [3.63, 3.8) is 0 Å². The summed E-state index contributed by atoms with van der Waals surface area (Å²) in [5.41, 5.74) is 0.232. The number of fused-ring (bicyclic) bond motifs is 1. The van der Waals surface area contributed by atoms with Crippen molar-refractivity contribution in [3.05, 3.63) is 30.1 Å². The van der Waals surface area contributed by atoms with E-state index >= 15 is 0 Å². The molecule has 3 rings (SSSR count). The Morgan fingerprint density at radius 2 is 2.00 bits per heavy atom. The van der Waals surface area contributed by atoms with Gasteiger partial charge in [0.15, 0.2) is 0 Å². The van der Waals surface area contributed by atoms with Gasteiger partial charge in [0.1, 0.15) is 24.6 Å². The van der Waals surface area contributed by atoms with E-state index in [1.165, 1.54) is 12.4 Å². The summed E-state index contributed by atoms with van der Waals surface area (Å²) in [6, 6.07) is 3.15. The highest BCUT2D eigenvalue weighted by molar-refractivity contribution is 5.89. The number of nitrogens with zero attached hydrogens (tertiary/aromatic N) is 1. The van der Waals surface area contributed by atoms with Crippen LogP contribution in [-0.2, 0) is 19.1 Å². The van der Waals surface area contributed by atoms with Crippen LogP contribution in [0.15, 0.2) is 24.5 Å². The van der Waals surface area contributed by atoms with E-state index < -0.39 is 42.9 Å². The van der Waals surface area contributed by atoms with Gasteiger partial charge >= 0.3 is 17.9 Å². The van der Waals surface area contributed by atoms with Crippen LogP contribution >= 0.6 is 0 Å². The summed E-state index contributed by atoms with van der Waals surface area (Å²) in [5, 5.41) is 9.01. The molecule has 2 fully saturated rings. The Labute approximate surface area is 223 Å². The van der Waals surface area contributed by atoms with Gasteiger partial charge in [0.2, 0.25) is 0 Å². The van der Waals surface area contributed by atoms with Crippen LogP contribution in [0.1, 0.15) is 88.9 Å². The third-order valence-corrected chi connectivity index (χ3v) is 8.43. The average molecular weight is 538 g/mol. The van der Waals surface area contributed by atoms with E-state index in [1.807, 2.05) is 13.8 Å². The van der Waals surface area contributed by atoms with Gasteiger partial charge in [0, 0.05) is 31.2 Å². The van der Waals surface area contributed by atoms with Gasteiger partial charge < -0.3 is 14.6 Å². The second-order valence-electron chi connectivity index (χ2n) is 11.2. The summed E-state index contributed by atoms with van der Waals surface area (Å²) in [6.45, 7) is 5.85. The van der Waals surface area contributed by atoms with Crippen LogP contribution in [0.3, 0.4) is 0 Å². The molecule has 0 radical (unpaired) electrons. The quantitative estimate of drug-likeness (QED) is 0.328. The molecule has 1 heterocycles. The molecular weight excluding hydrogens is 496 g/mol. The summed E-state index contributed by atoms with van der Waals surface area (Å²) in [6.07, 6.45) is 1.90. The number of carbonyl (C=O) groups excluding carboxylic acids is 2. The standard InChI is InChI=1S/C29H41F2NO6/c1-4-17(2)28(35)38-25-14-21(30)12-19-8-7-18(3)24(27(19)25)10-9-23(13-22(31)15-26(33)34)37-29(36)20-6-5-11-32-16-20/h5-6,11,16-19,21-25,27H,4,7-10,12-15H2,1-3H3,(H,33,34)/t17-,18-,19?,21+,22-,23+,24-,25-,27?/m0/s1. The zero-order chi connectivity index (χ0) is 27.8. The first-order valence-corrected chi connectivity index (χ1v) is 13.9. The highest BCUT2D eigenvalue weighted by Crippen LogP contribution is 2.50. The van der Waals surface area contributed by atoms with Crippen LogP contribution in [0.25, 0.3) is 0 Å². The lowest BCUT2D eigenvalue weighted by atomic mass is 9.59. The van der Waals surface area contributed by atoms with Crippen molar-refractivity contribution in [1.82, 2.24) is 4.98 Å². The minimum absolute atomic E-state index is 0.0198. The number of alkyl halides is 2. The summed E-state index contributed by atoms with van der Waals surface area (Å²) < 4.78 is 40.8. The molecule has 2 unspecified atom stereocenters. The Bertz CT molecular complexity index is 931. The molecule has 38 heavy (non-hydrogen) atoms. The van der Waals surface area contributed by atoms with Gasteiger partial charge in [-0.25, -0.2) is 13.6 Å². The van der Waals surface area contributed by atoms with E-state index in [4.69, 9.17) is 14.6 Å². The van der Waals surface area contributed by atoms with Gasteiger partial charge in [-0.15, -0.1) is 0 Å². The number of carboxylic acids is 1. The predicted octanol–water partition coefficient (Wildman–Crippen LogP) is 5.96. The molecule has 0 amide bonds. The number of aromatic nitrogens is 1. The van der Waals surface area contributed by atoms with E-state index in [-0.39, 0.29) is 54.0 Å². The lowest BCUT2D eigenvalue weighted by molar-refractivity contribution is -0.168. The molecule has 0 bridgehead atoms. The number of carbonyl (C=O) groups is 3. The Morgan fingerprint density at radius 3 is 2.66 bits per heavy atom. The highest BCUT2D eigenvalue weighted by atomic mass is 19.1. The molecule has 7 nitrogen and oxygen atoms in total. The van der Waals surface area contributed by atoms with E-state index in [9.17, 15) is 23.2 Å². The minimum atomic E-state index is -1.66. The number of hydrogen-bond acceptors (Lipinski definition) is 6. The topological polar surface area (TPSA) is 103 Å². The molecule has 9 atom stereocenters. The Morgan fingerprint density at radius 1 is 1.24 bits per heavy atom. The molecule has 9 heteroatoms. The number of aliphatic carboxylic acids is 1. The fourth-order valence-electron chi connectivity index (χ4n) is 6.20. The van der Waals surface area contributed by atoms with Crippen molar-refractivity contribution in [3.8, 4) is 0 Å². The Balaban J connectivity index is 1.76. The van der Waals surface area contributed by atoms with Crippen LogP contribution in [0.5, 0.6) is 0 Å². The second kappa shape index (κ2) is 14.0. The van der Waals surface area contributed by atoms with Crippen molar-refractivity contribution in [1.29, 1.82) is 0 Å². The van der Waals surface area contributed by atoms with Crippen LogP contribution in [0, 0.1) is 29.6 Å². The average Bonchev–Trinajstić information content (AvgIpc) is 2.87. The molecule has 1 aromatic heterocycles. The first-order chi connectivity index (χ1) is 18.1. The van der Waals surface area contributed by atoms with Crippen molar-refractivity contribution >= 4 is 17.9 Å². The van der Waals surface area contributed by atoms with E-state index in [2.05, 4.69) is 11.9 Å². The van der Waals surface area contributed by atoms with Gasteiger partial charge in [-0.05, 0) is 62.0 Å². The van der Waals surface area contributed by atoms with Crippen molar-refractivity contribution in [2.24, 2.45) is 29.6 Å². The molecule has 1 N–H and O–H groups in total. The molecule has 2 aliphatic carbocycles. The summed E-state index contributed by atoms with van der Waals surface area (Å²) in [5.74, 6) is -2.05. The minimum Gasteiger partial charge on any atom is -0.481 e. The summed E-state index contributed by atoms with van der Waals surface area (Å²) in [4.78, 5) is 40.3. The first kappa shape index (κ1) is 30.0. The van der Waals surface area contributed by atoms with Gasteiger partial charge in [0.05, 0.1) is 17.9 Å². The number of carboxylic acid groups (broad SMARTS) is 1. The fourth-order valence-corrected chi connectivity index (χ4v) is 6.20. The van der Waals surface area contributed by atoms with Crippen LogP contribution in [-0.4, -0.2) is 52.5 Å². The number of ether oxygens (including phenoxy) is 2. The molecule has 0 aliphatic heterocycles. The fraction of sp³-hybridized carbons (Fsp3) is 0.724. The molecule has 0 spiro atoms. The monoisotopic (exact) mass is 537 g/mol. The summed E-state index contributed by atoms with van der Waals surface area (Å²) >= 11 is 0. The van der Waals surface area contributed by atoms with E-state index in [0.29, 0.717) is 25.7 Å². The molecule has 0 aromatic carbocycles. The molecule has 212 valence electrons. The van der Waals surface area contributed by atoms with Crippen LogP contribution < -0.4 is 0 Å². The molecule has 0 saturated heterocycles. The molecular formula is C29H41F2NO6. The third kappa shape index (κ3) is 8.21. The molecule has 1 aromatic rings. The second-order valence-corrected chi connectivity index (χ2v) is 11.2. The van der Waals surface area contributed by atoms with Gasteiger partial charge in [-0.3, -0.25) is 14.6 Å². The number of rotatable bonds is 12. The maximum Gasteiger partial charge on any atom is 0.339 e. The smallest absolute Gasteiger partial charge is 0.339 e. The van der Waals surface area contributed by atoms with E-state index in [0.717, 1.165) is 12.8 Å². The lowest BCUT2D eigenvalue weighted by Gasteiger charge is -2.49. The van der Waals surface area contributed by atoms with Crippen molar-refractivity contribution in [2.75, 3.05) is 0 Å². The lowest BCUT2D eigenvalue weighted by Crippen LogP contribution is -2.48. The SMILES string of the molecule is CC[C@H](C)C(=O)O[C@H]1C[C@H](F)CC2CC[C@H](C)[C@H](CC[C@H](C[C@H](F)CC(=O)O)OC(=O)c3cccnc3)C21. The van der Waals surface area contributed by atoms with Crippen molar-refractivity contribution < 1.29 is 37.7 Å². The third-order valence-electron chi connectivity index (χ3n) is 8.43. The largest absolute Gasteiger partial charge is 0.481 e. The number of pyridine rings is 1. The summed E-state index contributed by atoms with van der Waals surface area (Å²) in [7, 11) is 0. The zero-order valence-electron chi connectivity index (χ0n) is 22.6. The van der Waals surface area contributed by atoms with Crippen molar-refractivity contribution in [2.45, 2.75) is 103 Å². The van der Waals surface area contributed by atoms with Gasteiger partial charge in [0.25, 0.3) is 0 Å². The normalized spacial score (nSPS) is 29.4. The van der Waals surface area contributed by atoms with Crippen LogP contribution in [0.2, 0.25) is 0 Å². The maximum absolute atomic E-state index is 14.7. The zero-order valence-corrected chi connectivity index (χ0v) is 22.6. The first-order valence-electron chi connectivity index (χ1n) is 13.9.